The lowest BCUT2D eigenvalue weighted by atomic mass is 10.1. The average molecular weight is 272 g/mol. The van der Waals surface area contributed by atoms with Crippen LogP contribution in [-0.2, 0) is 6.42 Å². The number of alkyl halides is 2. The molecular weight excluding hydrogens is 268 g/mol. The van der Waals surface area contributed by atoms with E-state index in [0.717, 1.165) is 0 Å². The third-order valence-electron chi connectivity index (χ3n) is 1.66. The third kappa shape index (κ3) is 2.48. The van der Waals surface area contributed by atoms with Gasteiger partial charge in [-0.05, 0) is 22.0 Å². The smallest absolute Gasteiger partial charge is 0.235 e. The zero-order valence-electron chi connectivity index (χ0n) is 7.34. The van der Waals surface area contributed by atoms with Gasteiger partial charge in [0.2, 0.25) is 0 Å². The van der Waals surface area contributed by atoms with E-state index in [2.05, 4.69) is 20.9 Å². The molecule has 1 heterocycles. The van der Waals surface area contributed by atoms with Crippen LogP contribution in [0.1, 0.15) is 23.4 Å². The molecule has 6 heteroatoms. The molecule has 0 radical (unpaired) electrons. The quantitative estimate of drug-likeness (QED) is 0.831. The maximum absolute atomic E-state index is 12.4. The first-order chi connectivity index (χ1) is 7.10. The van der Waals surface area contributed by atoms with Crippen molar-refractivity contribution in [1.82, 2.24) is 4.98 Å². The van der Waals surface area contributed by atoms with Gasteiger partial charge >= 0.3 is 0 Å². The lowest BCUT2D eigenvalue weighted by molar-refractivity contribution is 0.145. The van der Waals surface area contributed by atoms with Gasteiger partial charge in [0.1, 0.15) is 17.5 Å². The van der Waals surface area contributed by atoms with Gasteiger partial charge in [-0.2, -0.15) is 10.5 Å². The highest BCUT2D eigenvalue weighted by Gasteiger charge is 2.17. The van der Waals surface area contributed by atoms with E-state index in [1.165, 1.54) is 6.07 Å². The third-order valence-corrected chi connectivity index (χ3v) is 2.30. The monoisotopic (exact) mass is 271 g/mol. The molecule has 0 N–H and O–H groups in total. The van der Waals surface area contributed by atoms with Crippen LogP contribution in [0.4, 0.5) is 8.78 Å². The van der Waals surface area contributed by atoms with Crippen LogP contribution < -0.4 is 0 Å². The number of halogens is 3. The standard InChI is InChI=1S/C9H4BrF2N3/c10-6-3-5(1-2-13)7(4-14)15-8(6)9(11)12/h3,9H,1H2. The maximum Gasteiger partial charge on any atom is 0.281 e. The molecule has 0 bridgehead atoms. The summed E-state index contributed by atoms with van der Waals surface area (Å²) in [5, 5.41) is 17.1. The zero-order valence-corrected chi connectivity index (χ0v) is 8.92. The lowest BCUT2D eigenvalue weighted by Gasteiger charge is -2.05. The molecule has 0 unspecified atom stereocenters. The minimum absolute atomic E-state index is 0.0298. The van der Waals surface area contributed by atoms with Crippen LogP contribution in [0.25, 0.3) is 0 Å². The van der Waals surface area contributed by atoms with E-state index in [-0.39, 0.29) is 16.6 Å². The highest BCUT2D eigenvalue weighted by atomic mass is 79.9. The van der Waals surface area contributed by atoms with Crippen molar-refractivity contribution in [2.45, 2.75) is 12.8 Å². The van der Waals surface area contributed by atoms with E-state index in [1.807, 2.05) is 6.07 Å². The predicted molar refractivity (Wildman–Crippen MR) is 50.9 cm³/mol. The molecule has 15 heavy (non-hydrogen) atoms. The predicted octanol–water partition coefficient (Wildman–Crippen LogP) is 2.72. The number of aromatic nitrogens is 1. The second-order valence-electron chi connectivity index (χ2n) is 2.61. The van der Waals surface area contributed by atoms with Crippen molar-refractivity contribution < 1.29 is 8.78 Å². The molecular formula is C9H4BrF2N3. The maximum atomic E-state index is 12.4. The summed E-state index contributed by atoms with van der Waals surface area (Å²) < 4.78 is 24.9. The molecule has 0 spiro atoms. The molecule has 0 fully saturated rings. The number of nitrogens with zero attached hydrogens (tertiary/aromatic N) is 3. The number of hydrogen-bond donors (Lipinski definition) is 0. The van der Waals surface area contributed by atoms with Crippen LogP contribution in [0.2, 0.25) is 0 Å². The largest absolute Gasteiger partial charge is 0.281 e. The summed E-state index contributed by atoms with van der Waals surface area (Å²) in [6.07, 6.45) is -2.78. The fourth-order valence-corrected chi connectivity index (χ4v) is 1.55. The Kier molecular flexibility index (Phi) is 3.70. The molecule has 0 saturated carbocycles. The van der Waals surface area contributed by atoms with Crippen LogP contribution >= 0.6 is 15.9 Å². The van der Waals surface area contributed by atoms with Crippen molar-refractivity contribution in [3.8, 4) is 12.1 Å². The van der Waals surface area contributed by atoms with Crippen molar-refractivity contribution in [3.05, 3.63) is 27.5 Å². The first kappa shape index (κ1) is 11.5. The van der Waals surface area contributed by atoms with Gasteiger partial charge in [0.25, 0.3) is 6.43 Å². The second kappa shape index (κ2) is 4.81. The normalized spacial score (nSPS) is 9.73. The number of rotatable bonds is 2. The van der Waals surface area contributed by atoms with Crippen LogP contribution in [0.3, 0.4) is 0 Å². The van der Waals surface area contributed by atoms with Gasteiger partial charge in [-0.25, -0.2) is 13.8 Å². The van der Waals surface area contributed by atoms with Crippen LogP contribution in [0, 0.1) is 22.7 Å². The number of pyridine rings is 1. The first-order valence-corrected chi connectivity index (χ1v) is 4.64. The van der Waals surface area contributed by atoms with Gasteiger partial charge < -0.3 is 0 Å². The summed E-state index contributed by atoms with van der Waals surface area (Å²) in [6, 6.07) is 4.85. The van der Waals surface area contributed by atoms with Crippen molar-refractivity contribution in [2.75, 3.05) is 0 Å². The number of nitriles is 2. The molecule has 1 rings (SSSR count). The Morgan fingerprint density at radius 2 is 2.13 bits per heavy atom. The van der Waals surface area contributed by atoms with E-state index >= 15 is 0 Å². The van der Waals surface area contributed by atoms with Gasteiger partial charge in [0, 0.05) is 10.0 Å². The molecule has 0 aliphatic rings. The van der Waals surface area contributed by atoms with Crippen molar-refractivity contribution >= 4 is 15.9 Å². The molecule has 0 amide bonds. The molecule has 1 aromatic rings. The minimum Gasteiger partial charge on any atom is -0.235 e. The molecule has 76 valence electrons. The van der Waals surface area contributed by atoms with Crippen LogP contribution in [-0.4, -0.2) is 4.98 Å². The Bertz CT molecular complexity index is 460. The average Bonchev–Trinajstić information content (AvgIpc) is 2.18. The molecule has 0 atom stereocenters. The summed E-state index contributed by atoms with van der Waals surface area (Å²) in [6.45, 7) is 0. The van der Waals surface area contributed by atoms with Crippen molar-refractivity contribution in [1.29, 1.82) is 10.5 Å². The fourth-order valence-electron chi connectivity index (χ4n) is 1.01. The molecule has 0 aromatic carbocycles. The van der Waals surface area contributed by atoms with E-state index in [1.54, 1.807) is 6.07 Å². The Labute approximate surface area is 93.1 Å². The molecule has 0 saturated heterocycles. The van der Waals surface area contributed by atoms with Gasteiger partial charge in [-0.3, -0.25) is 0 Å². The van der Waals surface area contributed by atoms with Crippen molar-refractivity contribution in [2.24, 2.45) is 0 Å². The summed E-state index contributed by atoms with van der Waals surface area (Å²) in [5.41, 5.74) is -0.264. The number of hydrogen-bond acceptors (Lipinski definition) is 3. The van der Waals surface area contributed by atoms with E-state index in [0.29, 0.717) is 5.56 Å². The zero-order chi connectivity index (χ0) is 11.4. The van der Waals surface area contributed by atoms with Crippen LogP contribution in [0.15, 0.2) is 10.5 Å². The Morgan fingerprint density at radius 1 is 1.47 bits per heavy atom. The summed E-state index contributed by atoms with van der Waals surface area (Å²) >= 11 is 2.92. The van der Waals surface area contributed by atoms with Crippen LogP contribution in [0.5, 0.6) is 0 Å². The SMILES string of the molecule is N#CCc1cc(Br)c(C(F)F)nc1C#N. The minimum atomic E-state index is -2.75. The topological polar surface area (TPSA) is 60.5 Å². The molecule has 0 aliphatic carbocycles. The Balaban J connectivity index is 3.32. The van der Waals surface area contributed by atoms with Gasteiger partial charge in [-0.15, -0.1) is 0 Å². The molecule has 3 nitrogen and oxygen atoms in total. The summed E-state index contributed by atoms with van der Waals surface area (Å²) in [5.74, 6) is 0. The first-order valence-electron chi connectivity index (χ1n) is 3.84. The molecule has 0 aliphatic heterocycles. The van der Waals surface area contributed by atoms with Gasteiger partial charge in [-0.1, -0.05) is 0 Å². The Morgan fingerprint density at radius 3 is 2.60 bits per heavy atom. The molecule has 1 aromatic heterocycles. The lowest BCUT2D eigenvalue weighted by Crippen LogP contribution is -2.00. The summed E-state index contributed by atoms with van der Waals surface area (Å²) in [7, 11) is 0. The fraction of sp³-hybridized carbons (Fsp3) is 0.222. The van der Waals surface area contributed by atoms with Gasteiger partial charge in [0.05, 0.1) is 12.5 Å². The van der Waals surface area contributed by atoms with E-state index < -0.39 is 12.1 Å². The summed E-state index contributed by atoms with van der Waals surface area (Å²) in [4.78, 5) is 3.50. The Hall–Kier alpha value is -1.53. The highest BCUT2D eigenvalue weighted by Crippen LogP contribution is 2.27. The second-order valence-corrected chi connectivity index (χ2v) is 3.46. The van der Waals surface area contributed by atoms with E-state index in [4.69, 9.17) is 10.5 Å². The highest BCUT2D eigenvalue weighted by molar-refractivity contribution is 9.10. The van der Waals surface area contributed by atoms with E-state index in [9.17, 15) is 8.78 Å². The van der Waals surface area contributed by atoms with Crippen molar-refractivity contribution in [3.63, 3.8) is 0 Å². The van der Waals surface area contributed by atoms with Gasteiger partial charge in [0.15, 0.2) is 0 Å².